The molecule has 0 spiro atoms. The zero-order chi connectivity index (χ0) is 54.7. The van der Waals surface area contributed by atoms with Gasteiger partial charge in [-0.15, -0.1) is 48.3 Å². The Morgan fingerprint density at radius 2 is 0.988 bits per heavy atom. The number of ether oxygens (including phenoxy) is 1. The standard InChI is InChI=1S/C75H61N4O.Pt/c1-50-43-71(76-48-66(50)52-23-12-9-13-24-52)79-67-32-15-14-29-64(67)72-65(54-37-41-58(42-38-54)75(5,6)7)46-61(47-70(72)79)80-60-28-19-27-59(45-60)77-49-78(69-34-17-16-33-68(69)77)73-62(53-35-39-57(40-36-53)74(2,3)4)30-20-31-63(73)56-26-18-25-55(44-56)51-21-10-8-11-22-51;/h8-44,46,48-49H,1-7H3;/q-3;. The topological polar surface area (TPSA) is 33.5 Å². The van der Waals surface area contributed by atoms with Gasteiger partial charge in [0.15, 0.2) is 0 Å². The average Bonchev–Trinajstić information content (AvgIpc) is 4.28. The molecule has 5 nitrogen and oxygen atoms in total. The van der Waals surface area contributed by atoms with Gasteiger partial charge in [-0.05, 0) is 104 Å². The van der Waals surface area contributed by atoms with Crippen molar-refractivity contribution in [1.82, 2.24) is 9.55 Å². The minimum absolute atomic E-state index is 0. The summed E-state index contributed by atoms with van der Waals surface area (Å²) < 4.78 is 9.29. The fourth-order valence-corrected chi connectivity index (χ4v) is 11.4. The molecule has 0 saturated carbocycles. The van der Waals surface area contributed by atoms with Gasteiger partial charge in [0.1, 0.15) is 5.82 Å². The van der Waals surface area contributed by atoms with E-state index in [-0.39, 0.29) is 31.9 Å². The van der Waals surface area contributed by atoms with Crippen molar-refractivity contribution in [3.63, 3.8) is 0 Å². The van der Waals surface area contributed by atoms with Crippen LogP contribution in [0.5, 0.6) is 11.5 Å². The fourth-order valence-electron chi connectivity index (χ4n) is 11.4. The zero-order valence-electron chi connectivity index (χ0n) is 46.6. The van der Waals surface area contributed by atoms with Crippen molar-refractivity contribution < 1.29 is 25.8 Å². The smallest absolute Gasteiger partial charge is 0.135 e. The van der Waals surface area contributed by atoms with E-state index in [2.05, 4.69) is 294 Å². The molecule has 81 heavy (non-hydrogen) atoms. The SMILES string of the molecule is Cc1cc(-n2c3[c-]c(Oc4[c-]c(N5[CH-]N(c6c(-c7ccc(C(C)(C)C)cc7)cccc6-c6cccc(-c7ccccc7)c6)c6ccccc65)ccc4)cc(-c4ccc(C(C)(C)C)cc4)c3c3ccccc32)ncc1-c1ccccc1.[Pt]. The number of hydrogen-bond donors (Lipinski definition) is 0. The van der Waals surface area contributed by atoms with Gasteiger partial charge < -0.3 is 19.1 Å². The minimum atomic E-state index is 0. The predicted octanol–water partition coefficient (Wildman–Crippen LogP) is 20.2. The number of aromatic nitrogens is 2. The van der Waals surface area contributed by atoms with E-state index in [1.165, 1.54) is 22.3 Å². The number of anilines is 4. The third-order valence-corrected chi connectivity index (χ3v) is 15.6. The van der Waals surface area contributed by atoms with Crippen LogP contribution in [-0.2, 0) is 31.9 Å². The Kier molecular flexibility index (Phi) is 14.0. The first-order valence-corrected chi connectivity index (χ1v) is 27.6. The van der Waals surface area contributed by atoms with Crippen LogP contribution in [0.2, 0.25) is 0 Å². The molecule has 6 heteroatoms. The number of benzene rings is 10. The minimum Gasteiger partial charge on any atom is -0.509 e. The Morgan fingerprint density at radius 1 is 0.444 bits per heavy atom. The molecule has 0 radical (unpaired) electrons. The number of nitrogens with zero attached hydrogens (tertiary/aromatic N) is 4. The van der Waals surface area contributed by atoms with Crippen LogP contribution >= 0.6 is 0 Å². The van der Waals surface area contributed by atoms with Crippen LogP contribution in [0.25, 0.3) is 83.3 Å². The maximum absolute atomic E-state index is 7.05. The molecule has 12 aromatic rings. The normalized spacial score (nSPS) is 12.4. The quantitative estimate of drug-likeness (QED) is 0.128. The largest absolute Gasteiger partial charge is 0.509 e. The molecule has 3 heterocycles. The third kappa shape index (κ3) is 10.1. The molecular weight excluding hydrogens is 1170 g/mol. The van der Waals surface area contributed by atoms with Crippen LogP contribution in [0.15, 0.2) is 237 Å². The van der Waals surface area contributed by atoms with Crippen LogP contribution in [0.1, 0.15) is 58.2 Å². The molecule has 0 fully saturated rings. The zero-order valence-corrected chi connectivity index (χ0v) is 48.9. The monoisotopic (exact) mass is 1230 g/mol. The van der Waals surface area contributed by atoms with Crippen LogP contribution in [0, 0.1) is 25.7 Å². The number of para-hydroxylation sites is 4. The molecule has 400 valence electrons. The first-order valence-electron chi connectivity index (χ1n) is 27.6. The summed E-state index contributed by atoms with van der Waals surface area (Å²) >= 11 is 0. The first kappa shape index (κ1) is 52.9. The van der Waals surface area contributed by atoms with Gasteiger partial charge in [-0.2, -0.15) is 6.07 Å². The summed E-state index contributed by atoms with van der Waals surface area (Å²) in [5, 5.41) is 2.20. The molecule has 0 unspecified atom stereocenters. The maximum Gasteiger partial charge on any atom is 0.135 e. The van der Waals surface area contributed by atoms with Gasteiger partial charge in [0, 0.05) is 78.0 Å². The number of aryl methyl sites for hydroxylation is 1. The molecule has 10 aromatic carbocycles. The second-order valence-electron chi connectivity index (χ2n) is 23.0. The molecule has 0 N–H and O–H groups in total. The molecule has 13 rings (SSSR count). The van der Waals surface area contributed by atoms with E-state index in [0.29, 0.717) is 11.5 Å². The summed E-state index contributed by atoms with van der Waals surface area (Å²) in [6, 6.07) is 90.0. The van der Waals surface area contributed by atoms with Gasteiger partial charge in [0.25, 0.3) is 0 Å². The van der Waals surface area contributed by atoms with Crippen LogP contribution < -0.4 is 14.5 Å². The summed E-state index contributed by atoms with van der Waals surface area (Å²) in [6.45, 7) is 17.9. The number of fused-ring (bicyclic) bond motifs is 4. The van der Waals surface area contributed by atoms with Gasteiger partial charge in [-0.25, -0.2) is 4.98 Å². The number of hydrogen-bond acceptors (Lipinski definition) is 4. The Labute approximate surface area is 491 Å². The van der Waals surface area contributed by atoms with Gasteiger partial charge in [-0.1, -0.05) is 228 Å². The van der Waals surface area contributed by atoms with Gasteiger partial charge in [0.05, 0.1) is 0 Å². The molecule has 0 aliphatic carbocycles. The Hall–Kier alpha value is -8.76. The Bertz CT molecular complexity index is 4270. The van der Waals surface area contributed by atoms with Crippen molar-refractivity contribution in [1.29, 1.82) is 0 Å². The third-order valence-electron chi connectivity index (χ3n) is 15.6. The van der Waals surface area contributed by atoms with E-state index in [4.69, 9.17) is 9.72 Å². The molecule has 0 amide bonds. The van der Waals surface area contributed by atoms with E-state index >= 15 is 0 Å². The van der Waals surface area contributed by atoms with Gasteiger partial charge in [-0.3, -0.25) is 0 Å². The van der Waals surface area contributed by atoms with Crippen molar-refractivity contribution in [3.8, 4) is 73.0 Å². The van der Waals surface area contributed by atoms with Crippen LogP contribution in [-0.4, -0.2) is 9.55 Å². The van der Waals surface area contributed by atoms with E-state index in [1.54, 1.807) is 0 Å². The van der Waals surface area contributed by atoms with Crippen molar-refractivity contribution in [2.75, 3.05) is 9.80 Å². The number of rotatable bonds is 10. The van der Waals surface area contributed by atoms with E-state index in [0.717, 1.165) is 100 Å². The van der Waals surface area contributed by atoms with Crippen LogP contribution in [0.4, 0.5) is 22.7 Å². The van der Waals surface area contributed by atoms with Gasteiger partial charge in [0.2, 0.25) is 0 Å². The summed E-state index contributed by atoms with van der Waals surface area (Å²) in [6.07, 6.45) is 2.00. The summed E-state index contributed by atoms with van der Waals surface area (Å²) in [4.78, 5) is 9.76. The van der Waals surface area contributed by atoms with Crippen molar-refractivity contribution >= 4 is 44.6 Å². The molecule has 0 bridgehead atoms. The predicted molar refractivity (Wildman–Crippen MR) is 334 cm³/mol. The first-order chi connectivity index (χ1) is 38.8. The average molecular weight is 1230 g/mol. The molecular formula is C75H61N4OPt-3. The second kappa shape index (κ2) is 21.4. The Balaban J connectivity index is 0.00000651. The van der Waals surface area contributed by atoms with E-state index in [9.17, 15) is 0 Å². The van der Waals surface area contributed by atoms with Gasteiger partial charge >= 0.3 is 0 Å². The molecule has 0 saturated heterocycles. The maximum atomic E-state index is 7.05. The molecule has 2 aromatic heterocycles. The van der Waals surface area contributed by atoms with Crippen molar-refractivity contribution in [3.05, 3.63) is 272 Å². The Morgan fingerprint density at radius 3 is 1.65 bits per heavy atom. The van der Waals surface area contributed by atoms with E-state index < -0.39 is 0 Å². The fraction of sp³-hybridized carbons (Fsp3) is 0.120. The van der Waals surface area contributed by atoms with Crippen molar-refractivity contribution in [2.24, 2.45) is 0 Å². The molecule has 1 aliphatic rings. The summed E-state index contributed by atoms with van der Waals surface area (Å²) in [7, 11) is 0. The van der Waals surface area contributed by atoms with Crippen LogP contribution in [0.3, 0.4) is 0 Å². The number of pyridine rings is 1. The summed E-state index contributed by atoms with van der Waals surface area (Å²) in [5.41, 5.74) is 20.9. The summed E-state index contributed by atoms with van der Waals surface area (Å²) in [5.74, 6) is 1.95. The van der Waals surface area contributed by atoms with E-state index in [1.807, 2.05) is 24.4 Å². The van der Waals surface area contributed by atoms with Crippen molar-refractivity contribution in [2.45, 2.75) is 59.3 Å². The second-order valence-corrected chi connectivity index (χ2v) is 23.0. The molecule has 0 atom stereocenters. The molecule has 1 aliphatic heterocycles.